The summed E-state index contributed by atoms with van der Waals surface area (Å²) in [4.78, 5) is 8.63. The predicted octanol–water partition coefficient (Wildman–Crippen LogP) is 2.34. The van der Waals surface area contributed by atoms with E-state index in [1.807, 2.05) is 26.2 Å². The van der Waals surface area contributed by atoms with Gasteiger partial charge in [-0.15, -0.1) is 11.3 Å². The lowest BCUT2D eigenvalue weighted by Crippen LogP contribution is -2.03. The van der Waals surface area contributed by atoms with E-state index in [2.05, 4.69) is 15.1 Å². The first-order valence-corrected chi connectivity index (χ1v) is 6.01. The minimum atomic E-state index is -0.0637. The first-order valence-electron chi connectivity index (χ1n) is 5.13. The number of hydrogen-bond donors (Lipinski definition) is 1. The third kappa shape index (κ3) is 2.12. The predicted molar refractivity (Wildman–Crippen MR) is 62.1 cm³/mol. The van der Waals surface area contributed by atoms with Gasteiger partial charge in [0.2, 0.25) is 0 Å². The van der Waals surface area contributed by atoms with Gasteiger partial charge in [-0.25, -0.2) is 4.98 Å². The Kier molecular flexibility index (Phi) is 3.02. The van der Waals surface area contributed by atoms with Crippen LogP contribution in [0.3, 0.4) is 0 Å². The summed E-state index contributed by atoms with van der Waals surface area (Å²) in [7, 11) is 0. The average Bonchev–Trinajstić information content (AvgIpc) is 2.86. The molecule has 86 valence electrons. The fraction of sp³-hybridized carbons (Fsp3) is 0.500. The van der Waals surface area contributed by atoms with Crippen molar-refractivity contribution >= 4 is 11.3 Å². The Bertz CT molecular complexity index is 430. The molecule has 0 aliphatic carbocycles. The van der Waals surface area contributed by atoms with Gasteiger partial charge in [-0.2, -0.15) is 4.98 Å². The van der Waals surface area contributed by atoms with Crippen molar-refractivity contribution in [1.29, 1.82) is 0 Å². The molecule has 0 saturated carbocycles. The normalized spacial score (nSPS) is 13.3. The Hall–Kier alpha value is -1.27. The summed E-state index contributed by atoms with van der Waals surface area (Å²) in [5.41, 5.74) is 6.45. The molecule has 0 radical (unpaired) electrons. The number of nitrogens with zero attached hydrogens (tertiary/aromatic N) is 3. The number of aromatic nitrogens is 3. The smallest absolute Gasteiger partial charge is 0.277 e. The van der Waals surface area contributed by atoms with Crippen LogP contribution in [-0.2, 0) is 0 Å². The van der Waals surface area contributed by atoms with Crippen molar-refractivity contribution in [2.75, 3.05) is 0 Å². The van der Waals surface area contributed by atoms with Crippen LogP contribution in [-0.4, -0.2) is 15.1 Å². The lowest BCUT2D eigenvalue weighted by Gasteiger charge is -1.95. The van der Waals surface area contributed by atoms with Crippen molar-refractivity contribution in [2.45, 2.75) is 32.7 Å². The van der Waals surface area contributed by atoms with Gasteiger partial charge in [0.05, 0.1) is 6.04 Å². The Labute approximate surface area is 97.7 Å². The van der Waals surface area contributed by atoms with Crippen LogP contribution in [0.5, 0.6) is 0 Å². The molecule has 2 N–H and O–H groups in total. The maximum absolute atomic E-state index is 5.74. The molecule has 0 amide bonds. The van der Waals surface area contributed by atoms with Gasteiger partial charge in [-0.05, 0) is 6.92 Å². The van der Waals surface area contributed by atoms with Crippen LogP contribution in [0.4, 0.5) is 0 Å². The van der Waals surface area contributed by atoms with Gasteiger partial charge in [0.1, 0.15) is 10.7 Å². The third-order valence-corrected chi connectivity index (χ3v) is 3.13. The average molecular weight is 238 g/mol. The molecule has 2 rings (SSSR count). The Morgan fingerprint density at radius 1 is 1.31 bits per heavy atom. The molecule has 0 fully saturated rings. The van der Waals surface area contributed by atoms with Gasteiger partial charge in [-0.3, -0.25) is 0 Å². The first-order chi connectivity index (χ1) is 7.58. The second-order valence-electron chi connectivity index (χ2n) is 3.97. The monoisotopic (exact) mass is 238 g/mol. The Morgan fingerprint density at radius 2 is 2.06 bits per heavy atom. The highest BCUT2D eigenvalue weighted by Gasteiger charge is 2.15. The minimum absolute atomic E-state index is 0.0637. The fourth-order valence-corrected chi connectivity index (χ4v) is 1.92. The number of thiazole rings is 1. The van der Waals surface area contributed by atoms with Crippen molar-refractivity contribution < 1.29 is 4.52 Å². The van der Waals surface area contributed by atoms with E-state index in [1.165, 1.54) is 11.3 Å². The van der Waals surface area contributed by atoms with Crippen molar-refractivity contribution in [3.05, 3.63) is 16.2 Å². The van der Waals surface area contributed by atoms with Crippen molar-refractivity contribution in [3.63, 3.8) is 0 Å². The van der Waals surface area contributed by atoms with Gasteiger partial charge in [-0.1, -0.05) is 19.0 Å². The van der Waals surface area contributed by atoms with Gasteiger partial charge in [0.15, 0.2) is 5.82 Å². The second kappa shape index (κ2) is 4.31. The molecule has 6 heteroatoms. The van der Waals surface area contributed by atoms with E-state index in [9.17, 15) is 0 Å². The molecular formula is C10H14N4OS. The molecular weight excluding hydrogens is 224 g/mol. The van der Waals surface area contributed by atoms with Gasteiger partial charge in [0.25, 0.3) is 5.89 Å². The Morgan fingerprint density at radius 3 is 2.56 bits per heavy atom. The highest BCUT2D eigenvalue weighted by atomic mass is 32.1. The van der Waals surface area contributed by atoms with E-state index in [4.69, 9.17) is 10.3 Å². The minimum Gasteiger partial charge on any atom is -0.332 e. The molecule has 1 atom stereocenters. The molecule has 1 unspecified atom stereocenters. The number of nitrogens with two attached hydrogens (primary N) is 1. The molecule has 0 aliphatic rings. The van der Waals surface area contributed by atoms with Crippen LogP contribution < -0.4 is 5.73 Å². The summed E-state index contributed by atoms with van der Waals surface area (Å²) in [5.74, 6) is 1.42. The summed E-state index contributed by atoms with van der Waals surface area (Å²) >= 11 is 1.51. The van der Waals surface area contributed by atoms with E-state index < -0.39 is 0 Å². The number of rotatable bonds is 3. The van der Waals surface area contributed by atoms with E-state index >= 15 is 0 Å². The second-order valence-corrected chi connectivity index (χ2v) is 4.86. The molecule has 5 nitrogen and oxygen atoms in total. The molecule has 0 aliphatic heterocycles. The molecule has 2 aromatic heterocycles. The van der Waals surface area contributed by atoms with E-state index in [-0.39, 0.29) is 12.0 Å². The first kappa shape index (κ1) is 11.2. The summed E-state index contributed by atoms with van der Waals surface area (Å²) < 4.78 is 5.15. The molecule has 2 aromatic rings. The molecule has 0 aromatic carbocycles. The molecule has 0 bridgehead atoms. The summed E-state index contributed by atoms with van der Waals surface area (Å²) in [6.45, 7) is 5.93. The largest absolute Gasteiger partial charge is 0.332 e. The highest BCUT2D eigenvalue weighted by Crippen LogP contribution is 2.24. The van der Waals surface area contributed by atoms with Crippen LogP contribution in [0, 0.1) is 0 Å². The Balaban J connectivity index is 2.28. The standard InChI is InChI=1S/C10H14N4OS/c1-5(2)8-13-9(15-14-8)7-4-16-10(12-7)6(3)11/h4-6H,11H2,1-3H3. The van der Waals surface area contributed by atoms with Crippen LogP contribution in [0.25, 0.3) is 11.6 Å². The van der Waals surface area contributed by atoms with Crippen LogP contribution >= 0.6 is 11.3 Å². The van der Waals surface area contributed by atoms with E-state index in [0.29, 0.717) is 17.4 Å². The zero-order valence-electron chi connectivity index (χ0n) is 9.47. The van der Waals surface area contributed by atoms with E-state index in [0.717, 1.165) is 5.01 Å². The van der Waals surface area contributed by atoms with Crippen LogP contribution in [0.1, 0.15) is 43.6 Å². The van der Waals surface area contributed by atoms with Crippen LogP contribution in [0.15, 0.2) is 9.90 Å². The van der Waals surface area contributed by atoms with Crippen molar-refractivity contribution in [3.8, 4) is 11.6 Å². The fourth-order valence-electron chi connectivity index (χ4n) is 1.17. The SMILES string of the molecule is CC(C)c1noc(-c2csc(C(C)N)n2)n1. The van der Waals surface area contributed by atoms with Crippen molar-refractivity contribution in [1.82, 2.24) is 15.1 Å². The quantitative estimate of drug-likeness (QED) is 0.888. The van der Waals surface area contributed by atoms with E-state index in [1.54, 1.807) is 0 Å². The van der Waals surface area contributed by atoms with Crippen LogP contribution in [0.2, 0.25) is 0 Å². The summed E-state index contributed by atoms with van der Waals surface area (Å²) in [6.07, 6.45) is 0. The lowest BCUT2D eigenvalue weighted by molar-refractivity contribution is 0.418. The van der Waals surface area contributed by atoms with Gasteiger partial charge >= 0.3 is 0 Å². The maximum atomic E-state index is 5.74. The third-order valence-electron chi connectivity index (χ3n) is 2.09. The highest BCUT2D eigenvalue weighted by molar-refractivity contribution is 7.10. The summed E-state index contributed by atoms with van der Waals surface area (Å²) in [6, 6.07) is -0.0637. The van der Waals surface area contributed by atoms with Crippen molar-refractivity contribution in [2.24, 2.45) is 5.73 Å². The zero-order valence-corrected chi connectivity index (χ0v) is 10.3. The zero-order chi connectivity index (χ0) is 11.7. The lowest BCUT2D eigenvalue weighted by atomic mass is 10.2. The topological polar surface area (TPSA) is 77.8 Å². The maximum Gasteiger partial charge on any atom is 0.277 e. The van der Waals surface area contributed by atoms with Gasteiger partial charge < -0.3 is 10.3 Å². The molecule has 16 heavy (non-hydrogen) atoms. The number of hydrogen-bond acceptors (Lipinski definition) is 6. The van der Waals surface area contributed by atoms with Gasteiger partial charge in [0, 0.05) is 11.3 Å². The molecule has 2 heterocycles. The molecule has 0 spiro atoms. The summed E-state index contributed by atoms with van der Waals surface area (Å²) in [5, 5.41) is 6.65. The molecule has 0 saturated heterocycles.